The molecule has 0 aliphatic carbocycles. The van der Waals surface area contributed by atoms with Crippen molar-refractivity contribution in [3.8, 4) is 0 Å². The molecular formula is C20H20Br2O3. The molecule has 25 heavy (non-hydrogen) atoms. The van der Waals surface area contributed by atoms with Gasteiger partial charge in [0.1, 0.15) is 11.2 Å². The quantitative estimate of drug-likeness (QED) is 0.439. The molecule has 4 atom stereocenters. The van der Waals surface area contributed by atoms with E-state index in [2.05, 4.69) is 70.0 Å². The van der Waals surface area contributed by atoms with Crippen LogP contribution < -0.4 is 0 Å². The van der Waals surface area contributed by atoms with Crippen LogP contribution in [0.5, 0.6) is 0 Å². The van der Waals surface area contributed by atoms with E-state index in [1.165, 1.54) is 0 Å². The average molecular weight is 468 g/mol. The molecule has 132 valence electrons. The molecule has 2 aliphatic rings. The number of alkyl halides is 2. The predicted octanol–water partition coefficient (Wildman–Crippen LogP) is 5.08. The molecule has 3 nitrogen and oxygen atoms in total. The van der Waals surface area contributed by atoms with Crippen molar-refractivity contribution >= 4 is 31.9 Å². The van der Waals surface area contributed by atoms with Crippen LogP contribution in [0.25, 0.3) is 0 Å². The van der Waals surface area contributed by atoms with Crippen molar-refractivity contribution in [2.24, 2.45) is 0 Å². The molecule has 2 saturated heterocycles. The van der Waals surface area contributed by atoms with Crippen molar-refractivity contribution in [2.75, 3.05) is 13.2 Å². The smallest absolute Gasteiger partial charge is 0.181 e. The van der Waals surface area contributed by atoms with Gasteiger partial charge < -0.3 is 14.2 Å². The Kier molecular flexibility index (Phi) is 4.17. The number of hydrogen-bond donors (Lipinski definition) is 0. The lowest BCUT2D eigenvalue weighted by molar-refractivity contribution is -0.119. The van der Waals surface area contributed by atoms with E-state index in [9.17, 15) is 0 Å². The van der Waals surface area contributed by atoms with E-state index in [4.69, 9.17) is 14.2 Å². The molecule has 2 aliphatic heterocycles. The van der Waals surface area contributed by atoms with Crippen LogP contribution in [0.15, 0.2) is 60.7 Å². The molecule has 5 heteroatoms. The Morgan fingerprint density at radius 3 is 1.36 bits per heavy atom. The number of ether oxygens (including phenoxy) is 3. The second kappa shape index (κ2) is 5.89. The van der Waals surface area contributed by atoms with Gasteiger partial charge in [-0.25, -0.2) is 0 Å². The minimum absolute atomic E-state index is 0.451. The van der Waals surface area contributed by atoms with Crippen molar-refractivity contribution in [3.05, 3.63) is 71.8 Å². The molecule has 2 aromatic rings. The Hall–Kier alpha value is -0.720. The maximum Gasteiger partial charge on any atom is 0.181 e. The highest BCUT2D eigenvalue weighted by Crippen LogP contribution is 2.61. The first-order valence-electron chi connectivity index (χ1n) is 8.30. The molecule has 0 bridgehead atoms. The summed E-state index contributed by atoms with van der Waals surface area (Å²) >= 11 is 7.79. The summed E-state index contributed by atoms with van der Waals surface area (Å²) in [5.41, 5.74) is 1.12. The van der Waals surface area contributed by atoms with Crippen LogP contribution in [0.3, 0.4) is 0 Å². The molecule has 0 amide bonds. The van der Waals surface area contributed by atoms with Gasteiger partial charge >= 0.3 is 0 Å². The van der Waals surface area contributed by atoms with Crippen molar-refractivity contribution in [3.63, 3.8) is 0 Å². The van der Waals surface area contributed by atoms with Gasteiger partial charge in [-0.3, -0.25) is 0 Å². The molecule has 4 unspecified atom stereocenters. The van der Waals surface area contributed by atoms with Crippen LogP contribution in [-0.4, -0.2) is 24.4 Å². The first-order chi connectivity index (χ1) is 11.8. The summed E-state index contributed by atoms with van der Waals surface area (Å²) in [6.45, 7) is 5.37. The second-order valence-electron chi connectivity index (χ2n) is 7.06. The largest absolute Gasteiger partial charge is 0.365 e. The predicted molar refractivity (Wildman–Crippen MR) is 104 cm³/mol. The molecule has 0 saturated carbocycles. The molecule has 2 fully saturated rings. The van der Waals surface area contributed by atoms with Crippen molar-refractivity contribution in [1.82, 2.24) is 0 Å². The first kappa shape index (κ1) is 17.7. The van der Waals surface area contributed by atoms with Gasteiger partial charge in [0, 0.05) is 0 Å². The Labute approximate surface area is 164 Å². The Morgan fingerprint density at radius 1 is 0.760 bits per heavy atom. The van der Waals surface area contributed by atoms with Gasteiger partial charge in [-0.15, -0.1) is 0 Å². The fourth-order valence-corrected chi connectivity index (χ4v) is 4.72. The first-order valence-corrected chi connectivity index (χ1v) is 9.89. The summed E-state index contributed by atoms with van der Waals surface area (Å²) in [6.07, 6.45) is 0. The van der Waals surface area contributed by atoms with E-state index >= 15 is 0 Å². The zero-order chi connectivity index (χ0) is 17.8. The Bertz CT molecular complexity index is 694. The van der Waals surface area contributed by atoms with Crippen LogP contribution >= 0.6 is 31.9 Å². The highest BCUT2D eigenvalue weighted by molar-refractivity contribution is 9.10. The van der Waals surface area contributed by atoms with Gasteiger partial charge in [0.25, 0.3) is 0 Å². The minimum atomic E-state index is -0.810. The van der Waals surface area contributed by atoms with Crippen molar-refractivity contribution in [1.29, 1.82) is 0 Å². The third kappa shape index (κ3) is 2.81. The maximum atomic E-state index is 6.83. The third-order valence-corrected chi connectivity index (χ3v) is 8.00. The highest BCUT2D eigenvalue weighted by Gasteiger charge is 2.67. The van der Waals surface area contributed by atoms with Crippen LogP contribution in [0.1, 0.15) is 25.0 Å². The zero-order valence-electron chi connectivity index (χ0n) is 14.2. The lowest BCUT2D eigenvalue weighted by Gasteiger charge is -2.42. The third-order valence-electron chi connectivity index (χ3n) is 5.09. The van der Waals surface area contributed by atoms with Crippen LogP contribution in [-0.2, 0) is 23.2 Å². The van der Waals surface area contributed by atoms with Gasteiger partial charge in [0.2, 0.25) is 0 Å². The van der Waals surface area contributed by atoms with E-state index in [0.29, 0.717) is 13.2 Å². The molecule has 2 aromatic carbocycles. The van der Waals surface area contributed by atoms with E-state index in [1.807, 2.05) is 36.4 Å². The Morgan fingerprint density at radius 2 is 1.08 bits per heavy atom. The topological polar surface area (TPSA) is 34.3 Å². The number of benzene rings is 2. The number of epoxide rings is 2. The van der Waals surface area contributed by atoms with Gasteiger partial charge in [-0.05, 0) is 56.8 Å². The standard InChI is InChI=1S/C20H20Br2O3/c1-17(13-23-17)19(21,15-9-5-3-6-10-15)25-20(22,18(2)14-24-18)16-11-7-4-8-12-16/h3-12H,13-14H2,1-2H3. The normalized spacial score (nSPS) is 32.5. The average Bonchev–Trinajstić information content (AvgIpc) is 3.56. The summed E-state index contributed by atoms with van der Waals surface area (Å²) in [5.74, 6) is 0. The monoisotopic (exact) mass is 466 g/mol. The molecular weight excluding hydrogens is 448 g/mol. The van der Waals surface area contributed by atoms with Gasteiger partial charge in [0.15, 0.2) is 9.02 Å². The summed E-state index contributed by atoms with van der Waals surface area (Å²) < 4.78 is 16.8. The van der Waals surface area contributed by atoms with Gasteiger partial charge in [-0.2, -0.15) is 0 Å². The molecule has 0 aromatic heterocycles. The molecule has 0 N–H and O–H groups in total. The van der Waals surface area contributed by atoms with Crippen LogP contribution in [0.2, 0.25) is 0 Å². The molecule has 0 spiro atoms. The lowest BCUT2D eigenvalue weighted by Crippen LogP contribution is -2.48. The molecule has 2 heterocycles. The maximum absolute atomic E-state index is 6.83. The fourth-order valence-electron chi connectivity index (χ4n) is 3.03. The summed E-state index contributed by atoms with van der Waals surface area (Å²) in [5, 5.41) is 0. The van der Waals surface area contributed by atoms with E-state index in [-0.39, 0.29) is 0 Å². The van der Waals surface area contributed by atoms with E-state index in [1.54, 1.807) is 0 Å². The number of halogens is 2. The number of rotatable bonds is 6. The van der Waals surface area contributed by atoms with Crippen molar-refractivity contribution < 1.29 is 14.2 Å². The summed E-state index contributed by atoms with van der Waals surface area (Å²) in [7, 11) is 0. The molecule has 4 rings (SSSR count). The Balaban J connectivity index is 1.81. The summed E-state index contributed by atoms with van der Waals surface area (Å²) in [6, 6.07) is 20.2. The van der Waals surface area contributed by atoms with Crippen molar-refractivity contribution in [2.45, 2.75) is 34.1 Å². The second-order valence-corrected chi connectivity index (χ2v) is 9.30. The van der Waals surface area contributed by atoms with E-state index < -0.39 is 20.2 Å². The van der Waals surface area contributed by atoms with E-state index in [0.717, 1.165) is 11.1 Å². The molecule has 0 radical (unpaired) electrons. The SMILES string of the molecule is CC1(C(Br)(OC(Br)(c2ccccc2)C2(C)CO2)c2ccccc2)CO1. The van der Waals surface area contributed by atoms with Gasteiger partial charge in [0.05, 0.1) is 13.2 Å². The summed E-state index contributed by atoms with van der Waals surface area (Å²) in [4.78, 5) is 0. The number of hydrogen-bond acceptors (Lipinski definition) is 3. The lowest BCUT2D eigenvalue weighted by atomic mass is 9.93. The van der Waals surface area contributed by atoms with Crippen LogP contribution in [0, 0.1) is 0 Å². The van der Waals surface area contributed by atoms with Crippen LogP contribution in [0.4, 0.5) is 0 Å². The van der Waals surface area contributed by atoms with Gasteiger partial charge in [-0.1, -0.05) is 60.7 Å². The minimum Gasteiger partial charge on any atom is -0.365 e. The highest BCUT2D eigenvalue weighted by atomic mass is 79.9. The fraction of sp³-hybridized carbons (Fsp3) is 0.400. The zero-order valence-corrected chi connectivity index (χ0v) is 17.3.